The summed E-state index contributed by atoms with van der Waals surface area (Å²) in [6.45, 7) is 0. The maximum Gasteiger partial charge on any atom is 0.379 e. The standard InChI is InChI=1S/C9H8O5/c1-12-8(10)4-6-14-9(11)7-3-2-5-13-7/h2-6H,1H3/b6-4-. The van der Waals surface area contributed by atoms with Gasteiger partial charge in [-0.3, -0.25) is 0 Å². The molecule has 0 N–H and O–H groups in total. The molecule has 1 aromatic heterocycles. The molecule has 0 saturated heterocycles. The van der Waals surface area contributed by atoms with Gasteiger partial charge in [-0.1, -0.05) is 0 Å². The Labute approximate surface area is 79.9 Å². The van der Waals surface area contributed by atoms with Gasteiger partial charge in [-0.2, -0.15) is 0 Å². The number of rotatable bonds is 3. The van der Waals surface area contributed by atoms with Crippen molar-refractivity contribution in [3.63, 3.8) is 0 Å². The Balaban J connectivity index is 2.43. The number of carbonyl (C=O) groups is 2. The van der Waals surface area contributed by atoms with Crippen LogP contribution >= 0.6 is 0 Å². The van der Waals surface area contributed by atoms with Crippen LogP contribution in [0.25, 0.3) is 0 Å². The van der Waals surface area contributed by atoms with E-state index in [1.807, 2.05) is 0 Å². The molecule has 1 heterocycles. The van der Waals surface area contributed by atoms with Crippen LogP contribution < -0.4 is 0 Å². The van der Waals surface area contributed by atoms with Crippen molar-refractivity contribution in [3.05, 3.63) is 36.5 Å². The maximum absolute atomic E-state index is 11.1. The lowest BCUT2D eigenvalue weighted by molar-refractivity contribution is -0.134. The number of ether oxygens (including phenoxy) is 2. The van der Waals surface area contributed by atoms with Crippen LogP contribution in [0, 0.1) is 0 Å². The highest BCUT2D eigenvalue weighted by atomic mass is 16.5. The topological polar surface area (TPSA) is 65.7 Å². The van der Waals surface area contributed by atoms with E-state index in [2.05, 4.69) is 9.47 Å². The third-order valence-electron chi connectivity index (χ3n) is 1.30. The van der Waals surface area contributed by atoms with Gasteiger partial charge in [0.1, 0.15) is 6.26 Å². The van der Waals surface area contributed by atoms with Crippen molar-refractivity contribution in [1.82, 2.24) is 0 Å². The van der Waals surface area contributed by atoms with Crippen LogP contribution in [-0.2, 0) is 14.3 Å². The Morgan fingerprint density at radius 1 is 1.50 bits per heavy atom. The summed E-state index contributed by atoms with van der Waals surface area (Å²) in [4.78, 5) is 21.6. The number of esters is 2. The molecule has 0 bridgehead atoms. The Hall–Kier alpha value is -2.04. The Kier molecular flexibility index (Phi) is 3.49. The fourth-order valence-corrected chi connectivity index (χ4v) is 0.672. The van der Waals surface area contributed by atoms with Gasteiger partial charge >= 0.3 is 11.9 Å². The van der Waals surface area contributed by atoms with Gasteiger partial charge in [0.15, 0.2) is 0 Å². The van der Waals surface area contributed by atoms with Gasteiger partial charge in [0.05, 0.1) is 19.4 Å². The van der Waals surface area contributed by atoms with Crippen molar-refractivity contribution in [2.75, 3.05) is 7.11 Å². The van der Waals surface area contributed by atoms with E-state index in [4.69, 9.17) is 4.42 Å². The van der Waals surface area contributed by atoms with Crippen LogP contribution in [0.1, 0.15) is 10.6 Å². The average molecular weight is 196 g/mol. The molecule has 0 amide bonds. The maximum atomic E-state index is 11.1. The minimum Gasteiger partial charge on any atom is -0.466 e. The van der Waals surface area contributed by atoms with Gasteiger partial charge in [-0.25, -0.2) is 9.59 Å². The van der Waals surface area contributed by atoms with E-state index in [0.717, 1.165) is 12.3 Å². The minimum absolute atomic E-state index is 0.0690. The first-order valence-electron chi connectivity index (χ1n) is 3.73. The fraction of sp³-hybridized carbons (Fsp3) is 0.111. The fourth-order valence-electron chi connectivity index (χ4n) is 0.672. The summed E-state index contributed by atoms with van der Waals surface area (Å²) in [5, 5.41) is 0. The lowest BCUT2D eigenvalue weighted by atomic mass is 10.5. The molecular weight excluding hydrogens is 188 g/mol. The number of furan rings is 1. The molecule has 0 aliphatic rings. The highest BCUT2D eigenvalue weighted by Gasteiger charge is 2.07. The number of hydrogen-bond acceptors (Lipinski definition) is 5. The molecule has 0 unspecified atom stereocenters. The van der Waals surface area contributed by atoms with E-state index in [-0.39, 0.29) is 5.76 Å². The Bertz CT molecular complexity index is 336. The van der Waals surface area contributed by atoms with Crippen LogP contribution in [0.4, 0.5) is 0 Å². The summed E-state index contributed by atoms with van der Waals surface area (Å²) in [7, 11) is 1.22. The molecule has 0 radical (unpaired) electrons. The highest BCUT2D eigenvalue weighted by Crippen LogP contribution is 2.02. The third kappa shape index (κ3) is 2.78. The van der Waals surface area contributed by atoms with Gasteiger partial charge in [0, 0.05) is 0 Å². The summed E-state index contributed by atoms with van der Waals surface area (Å²) in [6, 6.07) is 3.01. The summed E-state index contributed by atoms with van der Waals surface area (Å²) in [5.74, 6) is -1.20. The lowest BCUT2D eigenvalue weighted by Gasteiger charge is -1.93. The number of hydrogen-bond donors (Lipinski definition) is 0. The summed E-state index contributed by atoms with van der Waals surface area (Å²) in [6.07, 6.45) is 3.28. The molecule has 0 saturated carbocycles. The lowest BCUT2D eigenvalue weighted by Crippen LogP contribution is -2.00. The van der Waals surface area contributed by atoms with Gasteiger partial charge < -0.3 is 13.9 Å². The van der Waals surface area contributed by atoms with Crippen molar-refractivity contribution in [1.29, 1.82) is 0 Å². The minimum atomic E-state index is -0.671. The zero-order chi connectivity index (χ0) is 10.4. The van der Waals surface area contributed by atoms with E-state index in [9.17, 15) is 9.59 Å². The predicted molar refractivity (Wildman–Crippen MR) is 45.3 cm³/mol. The first kappa shape index (κ1) is 10.0. The molecule has 0 atom stereocenters. The second-order valence-corrected chi connectivity index (χ2v) is 2.21. The van der Waals surface area contributed by atoms with E-state index < -0.39 is 11.9 Å². The molecule has 1 aromatic rings. The van der Waals surface area contributed by atoms with Crippen molar-refractivity contribution >= 4 is 11.9 Å². The first-order chi connectivity index (χ1) is 6.74. The predicted octanol–water partition coefficient (Wildman–Crippen LogP) is 1.12. The second kappa shape index (κ2) is 4.86. The normalized spacial score (nSPS) is 10.1. The third-order valence-corrected chi connectivity index (χ3v) is 1.30. The largest absolute Gasteiger partial charge is 0.466 e. The van der Waals surface area contributed by atoms with Crippen LogP contribution in [0.15, 0.2) is 35.2 Å². The molecule has 1 rings (SSSR count). The van der Waals surface area contributed by atoms with Crippen LogP contribution in [0.5, 0.6) is 0 Å². The van der Waals surface area contributed by atoms with Crippen molar-refractivity contribution in [3.8, 4) is 0 Å². The zero-order valence-electron chi connectivity index (χ0n) is 7.43. The Morgan fingerprint density at radius 3 is 2.86 bits per heavy atom. The molecule has 0 aliphatic heterocycles. The summed E-state index contributed by atoms with van der Waals surface area (Å²) >= 11 is 0. The van der Waals surface area contributed by atoms with E-state index >= 15 is 0 Å². The molecule has 0 aliphatic carbocycles. The monoisotopic (exact) mass is 196 g/mol. The number of carbonyl (C=O) groups excluding carboxylic acids is 2. The van der Waals surface area contributed by atoms with Crippen LogP contribution in [0.3, 0.4) is 0 Å². The molecule has 0 aromatic carbocycles. The van der Waals surface area contributed by atoms with E-state index in [0.29, 0.717) is 0 Å². The molecular formula is C9H8O5. The Morgan fingerprint density at radius 2 is 2.29 bits per heavy atom. The van der Waals surface area contributed by atoms with E-state index in [1.165, 1.54) is 19.4 Å². The van der Waals surface area contributed by atoms with Crippen LogP contribution in [-0.4, -0.2) is 19.0 Å². The first-order valence-corrected chi connectivity index (χ1v) is 3.73. The molecule has 0 spiro atoms. The van der Waals surface area contributed by atoms with Crippen LogP contribution in [0.2, 0.25) is 0 Å². The molecule has 5 nitrogen and oxygen atoms in total. The molecule has 74 valence electrons. The molecule has 0 fully saturated rings. The van der Waals surface area contributed by atoms with Crippen molar-refractivity contribution in [2.45, 2.75) is 0 Å². The van der Waals surface area contributed by atoms with E-state index in [1.54, 1.807) is 6.07 Å². The SMILES string of the molecule is COC(=O)/C=C\OC(=O)c1ccco1. The summed E-state index contributed by atoms with van der Waals surface area (Å²) < 4.78 is 13.6. The van der Waals surface area contributed by atoms with Gasteiger partial charge in [-0.05, 0) is 12.1 Å². The zero-order valence-corrected chi connectivity index (χ0v) is 7.43. The van der Waals surface area contributed by atoms with Gasteiger partial charge in [0.25, 0.3) is 0 Å². The molecule has 5 heteroatoms. The quantitative estimate of drug-likeness (QED) is 0.411. The number of methoxy groups -OCH3 is 1. The van der Waals surface area contributed by atoms with Gasteiger partial charge in [-0.15, -0.1) is 0 Å². The van der Waals surface area contributed by atoms with Gasteiger partial charge in [0.2, 0.25) is 5.76 Å². The average Bonchev–Trinajstić information content (AvgIpc) is 2.70. The van der Waals surface area contributed by atoms with Crippen molar-refractivity contribution < 1.29 is 23.5 Å². The van der Waals surface area contributed by atoms with Crippen molar-refractivity contribution in [2.24, 2.45) is 0 Å². The summed E-state index contributed by atoms with van der Waals surface area (Å²) in [5.41, 5.74) is 0. The second-order valence-electron chi connectivity index (χ2n) is 2.21. The molecule has 14 heavy (non-hydrogen) atoms. The smallest absolute Gasteiger partial charge is 0.379 e. The highest BCUT2D eigenvalue weighted by molar-refractivity contribution is 5.87.